The minimum atomic E-state index is -0.256. The maximum Gasteiger partial charge on any atom is 0.409 e. The molecule has 0 aliphatic carbocycles. The van der Waals surface area contributed by atoms with Crippen molar-refractivity contribution < 1.29 is 14.3 Å². The van der Waals surface area contributed by atoms with E-state index in [1.807, 2.05) is 30.9 Å². The zero-order valence-electron chi connectivity index (χ0n) is 17.6. The summed E-state index contributed by atoms with van der Waals surface area (Å²) in [6.45, 7) is 8.64. The number of carbonyl (C=O) groups excluding carboxylic acids is 2. The Kier molecular flexibility index (Phi) is 6.36. The van der Waals surface area contributed by atoms with Crippen LogP contribution in [0, 0.1) is 11.8 Å². The summed E-state index contributed by atoms with van der Waals surface area (Å²) in [5.41, 5.74) is 0.926. The van der Waals surface area contributed by atoms with Gasteiger partial charge in [0.15, 0.2) is 5.13 Å². The largest absolute Gasteiger partial charge is 0.449 e. The van der Waals surface area contributed by atoms with Crippen molar-refractivity contribution in [3.63, 3.8) is 0 Å². The van der Waals surface area contributed by atoms with Crippen LogP contribution >= 0.6 is 11.3 Å². The van der Waals surface area contributed by atoms with E-state index in [1.54, 1.807) is 22.4 Å². The summed E-state index contributed by atoms with van der Waals surface area (Å²) in [4.78, 5) is 41.0. The first kappa shape index (κ1) is 20.8. The Morgan fingerprint density at radius 2 is 1.87 bits per heavy atom. The number of piperidine rings is 1. The highest BCUT2D eigenvalue weighted by Crippen LogP contribution is 2.28. The molecule has 162 valence electrons. The second kappa shape index (κ2) is 9.16. The molecular formula is C21H29N5O3S. The Hall–Kier alpha value is -2.42. The number of likely N-dealkylation sites (tertiary alicyclic amines) is 1. The fourth-order valence-corrected chi connectivity index (χ4v) is 4.87. The molecule has 0 spiro atoms. The van der Waals surface area contributed by atoms with E-state index in [-0.39, 0.29) is 17.9 Å². The number of aromatic nitrogens is 2. The van der Waals surface area contributed by atoms with Gasteiger partial charge >= 0.3 is 6.09 Å². The third kappa shape index (κ3) is 4.66. The van der Waals surface area contributed by atoms with Crippen LogP contribution in [0.15, 0.2) is 18.3 Å². The lowest BCUT2D eigenvalue weighted by Crippen LogP contribution is -2.52. The first-order chi connectivity index (χ1) is 14.5. The van der Waals surface area contributed by atoms with Crippen LogP contribution in [0.2, 0.25) is 0 Å². The van der Waals surface area contributed by atoms with E-state index in [1.165, 1.54) is 0 Å². The highest BCUT2D eigenvalue weighted by molar-refractivity contribution is 7.21. The molecular weight excluding hydrogens is 402 g/mol. The van der Waals surface area contributed by atoms with Crippen molar-refractivity contribution >= 4 is 38.8 Å². The number of piperazine rings is 1. The van der Waals surface area contributed by atoms with Gasteiger partial charge in [-0.15, -0.1) is 0 Å². The molecule has 2 aromatic rings. The van der Waals surface area contributed by atoms with Crippen molar-refractivity contribution in [2.45, 2.75) is 26.7 Å². The molecule has 0 bridgehead atoms. The Labute approximate surface area is 180 Å². The molecule has 2 amide bonds. The normalized spacial score (nSPS) is 18.3. The number of fused-ring (bicyclic) bond motifs is 1. The summed E-state index contributed by atoms with van der Waals surface area (Å²) in [5.74, 6) is 0.541. The van der Waals surface area contributed by atoms with Gasteiger partial charge in [0.1, 0.15) is 10.3 Å². The van der Waals surface area contributed by atoms with E-state index in [9.17, 15) is 9.59 Å². The van der Waals surface area contributed by atoms with Crippen LogP contribution in [0.25, 0.3) is 10.3 Å². The Morgan fingerprint density at radius 3 is 2.53 bits per heavy atom. The van der Waals surface area contributed by atoms with Crippen molar-refractivity contribution in [2.24, 2.45) is 11.8 Å². The van der Waals surface area contributed by atoms with Crippen LogP contribution < -0.4 is 4.90 Å². The number of carbonyl (C=O) groups is 2. The van der Waals surface area contributed by atoms with Gasteiger partial charge in [-0.1, -0.05) is 25.2 Å². The number of pyridine rings is 1. The lowest BCUT2D eigenvalue weighted by atomic mass is 9.95. The van der Waals surface area contributed by atoms with E-state index in [0.29, 0.717) is 51.5 Å². The van der Waals surface area contributed by atoms with E-state index in [4.69, 9.17) is 4.74 Å². The summed E-state index contributed by atoms with van der Waals surface area (Å²) < 4.78 is 5.31. The number of nitrogens with zero attached hydrogens (tertiary/aromatic N) is 5. The monoisotopic (exact) mass is 431 g/mol. The average Bonchev–Trinajstić information content (AvgIpc) is 3.21. The number of hydrogen-bond donors (Lipinski definition) is 0. The fourth-order valence-electron chi connectivity index (χ4n) is 3.91. The quantitative estimate of drug-likeness (QED) is 0.741. The zero-order valence-corrected chi connectivity index (χ0v) is 18.4. The minimum Gasteiger partial charge on any atom is -0.449 e. The molecule has 2 aromatic heterocycles. The van der Waals surface area contributed by atoms with Gasteiger partial charge < -0.3 is 19.4 Å². The third-order valence-electron chi connectivity index (χ3n) is 5.66. The molecule has 0 saturated carbocycles. The molecule has 2 saturated heterocycles. The number of ether oxygens (including phenoxy) is 1. The van der Waals surface area contributed by atoms with Gasteiger partial charge in [-0.25, -0.2) is 14.8 Å². The maximum absolute atomic E-state index is 13.0. The molecule has 2 aliphatic rings. The molecule has 0 aromatic carbocycles. The SMILES string of the molecule is CC(C)COC(=O)N1CCC(C(=O)N2CCN(c3nc4cccnc4s3)CC2)CC1. The van der Waals surface area contributed by atoms with Gasteiger partial charge in [-0.3, -0.25) is 4.79 Å². The van der Waals surface area contributed by atoms with Gasteiger partial charge in [-0.2, -0.15) is 0 Å². The first-order valence-electron chi connectivity index (χ1n) is 10.7. The van der Waals surface area contributed by atoms with Gasteiger partial charge in [0.25, 0.3) is 0 Å². The Bertz CT molecular complexity index is 853. The predicted octanol–water partition coefficient (Wildman–Crippen LogP) is 2.84. The van der Waals surface area contributed by atoms with Crippen LogP contribution in [-0.4, -0.2) is 77.6 Å². The molecule has 4 rings (SSSR count). The highest BCUT2D eigenvalue weighted by atomic mass is 32.1. The first-order valence-corrected chi connectivity index (χ1v) is 11.5. The molecule has 0 unspecified atom stereocenters. The topological polar surface area (TPSA) is 78.9 Å². The average molecular weight is 432 g/mol. The van der Waals surface area contributed by atoms with Crippen LogP contribution in [-0.2, 0) is 9.53 Å². The number of rotatable bonds is 4. The summed E-state index contributed by atoms with van der Waals surface area (Å²) >= 11 is 1.60. The van der Waals surface area contributed by atoms with Gasteiger partial charge in [0.05, 0.1) is 6.61 Å². The lowest BCUT2D eigenvalue weighted by Gasteiger charge is -2.38. The lowest BCUT2D eigenvalue weighted by molar-refractivity contribution is -0.137. The molecule has 2 aliphatic heterocycles. The Morgan fingerprint density at radius 1 is 1.13 bits per heavy atom. The van der Waals surface area contributed by atoms with Crippen molar-refractivity contribution in [2.75, 3.05) is 50.8 Å². The number of anilines is 1. The molecule has 4 heterocycles. The third-order valence-corrected chi connectivity index (χ3v) is 6.70. The second-order valence-corrected chi connectivity index (χ2v) is 9.32. The second-order valence-electron chi connectivity index (χ2n) is 8.37. The van der Waals surface area contributed by atoms with E-state index >= 15 is 0 Å². The Balaban J connectivity index is 1.25. The molecule has 0 radical (unpaired) electrons. The molecule has 0 N–H and O–H groups in total. The molecule has 8 nitrogen and oxygen atoms in total. The summed E-state index contributed by atoms with van der Waals surface area (Å²) in [6, 6.07) is 3.88. The van der Waals surface area contributed by atoms with E-state index in [2.05, 4.69) is 14.9 Å². The van der Waals surface area contributed by atoms with Crippen molar-refractivity contribution in [1.29, 1.82) is 0 Å². The number of thiazole rings is 1. The standard InChI is InChI=1S/C21H29N5O3S/c1-15(2)14-29-21(28)26-8-5-16(6-9-26)19(27)24-10-12-25(13-11-24)20-23-17-4-3-7-22-18(17)30-20/h3-4,7,15-16H,5-6,8-14H2,1-2H3. The van der Waals surface area contributed by atoms with Crippen molar-refractivity contribution in [1.82, 2.24) is 19.8 Å². The molecule has 9 heteroatoms. The van der Waals surface area contributed by atoms with Crippen LogP contribution in [0.3, 0.4) is 0 Å². The smallest absolute Gasteiger partial charge is 0.409 e. The molecule has 30 heavy (non-hydrogen) atoms. The maximum atomic E-state index is 13.0. The van der Waals surface area contributed by atoms with Gasteiger partial charge in [0, 0.05) is 51.4 Å². The van der Waals surface area contributed by atoms with Crippen LogP contribution in [0.5, 0.6) is 0 Å². The van der Waals surface area contributed by atoms with Gasteiger partial charge in [0.2, 0.25) is 5.91 Å². The fraction of sp³-hybridized carbons (Fsp3) is 0.619. The summed E-state index contributed by atoms with van der Waals surface area (Å²) in [5, 5.41) is 0.976. The summed E-state index contributed by atoms with van der Waals surface area (Å²) in [6.07, 6.45) is 2.95. The van der Waals surface area contributed by atoms with Crippen molar-refractivity contribution in [3.8, 4) is 0 Å². The van der Waals surface area contributed by atoms with E-state index < -0.39 is 0 Å². The van der Waals surface area contributed by atoms with E-state index in [0.717, 1.165) is 28.6 Å². The predicted molar refractivity (Wildman–Crippen MR) is 117 cm³/mol. The van der Waals surface area contributed by atoms with Crippen LogP contribution in [0.4, 0.5) is 9.93 Å². The van der Waals surface area contributed by atoms with Crippen LogP contribution in [0.1, 0.15) is 26.7 Å². The molecule has 0 atom stereocenters. The zero-order chi connectivity index (χ0) is 21.1. The summed E-state index contributed by atoms with van der Waals surface area (Å²) in [7, 11) is 0. The van der Waals surface area contributed by atoms with Crippen molar-refractivity contribution in [3.05, 3.63) is 18.3 Å². The highest BCUT2D eigenvalue weighted by Gasteiger charge is 2.32. The molecule has 2 fully saturated rings. The minimum absolute atomic E-state index is 0.00245. The number of amides is 2. The number of hydrogen-bond acceptors (Lipinski definition) is 7. The van der Waals surface area contributed by atoms with Gasteiger partial charge in [-0.05, 0) is 30.9 Å².